The summed E-state index contributed by atoms with van der Waals surface area (Å²) in [5.74, 6) is -0.676. The zero-order chi connectivity index (χ0) is 22.5. The molecule has 0 spiro atoms. The number of nitrogens with zero attached hydrogens (tertiary/aromatic N) is 1. The van der Waals surface area contributed by atoms with Crippen LogP contribution in [0.3, 0.4) is 0 Å². The van der Waals surface area contributed by atoms with Gasteiger partial charge in [0, 0.05) is 39.6 Å². The molecule has 0 aliphatic heterocycles. The predicted octanol–water partition coefficient (Wildman–Crippen LogP) is 4.19. The smallest absolute Gasteiger partial charge is 0.344 e. The maximum absolute atomic E-state index is 12.3. The number of para-hydroxylation sites is 1. The minimum Gasteiger partial charge on any atom is -0.482 e. The normalized spacial score (nSPS) is 10.8. The average Bonchev–Trinajstić information content (AvgIpc) is 3.14. The van der Waals surface area contributed by atoms with Crippen LogP contribution in [-0.2, 0) is 20.9 Å². The molecule has 1 amide bonds. The molecule has 0 saturated carbocycles. The summed E-state index contributed by atoms with van der Waals surface area (Å²) in [6.07, 6.45) is 0.718. The number of esters is 1. The van der Waals surface area contributed by atoms with E-state index in [0.29, 0.717) is 17.0 Å². The zero-order valence-corrected chi connectivity index (χ0v) is 17.5. The number of rotatable bonds is 8. The van der Waals surface area contributed by atoms with Crippen molar-refractivity contribution in [3.8, 4) is 5.75 Å². The molecule has 0 fully saturated rings. The third-order valence-corrected chi connectivity index (χ3v) is 5.11. The summed E-state index contributed by atoms with van der Waals surface area (Å²) in [5, 5.41) is 4.93. The molecule has 0 aliphatic rings. The lowest BCUT2D eigenvalue weighted by Crippen LogP contribution is -2.23. The Hall–Kier alpha value is -4.13. The number of ether oxygens (including phenoxy) is 2. The van der Waals surface area contributed by atoms with E-state index in [1.165, 1.54) is 0 Å². The highest BCUT2D eigenvalue weighted by atomic mass is 16.6. The van der Waals surface area contributed by atoms with Crippen molar-refractivity contribution in [3.63, 3.8) is 0 Å². The molecule has 7 heteroatoms. The minimum atomic E-state index is -0.666. The van der Waals surface area contributed by atoms with Gasteiger partial charge in [0.05, 0.1) is 0 Å². The van der Waals surface area contributed by atoms with Crippen LogP contribution in [-0.4, -0.2) is 35.9 Å². The zero-order valence-electron chi connectivity index (χ0n) is 17.5. The van der Waals surface area contributed by atoms with Gasteiger partial charge in [-0.3, -0.25) is 9.59 Å². The van der Waals surface area contributed by atoms with Crippen LogP contribution in [0.4, 0.5) is 5.69 Å². The molecule has 4 rings (SSSR count). The number of nitrogens with one attached hydrogen (secondary N) is 1. The Kier molecular flexibility index (Phi) is 6.17. The summed E-state index contributed by atoms with van der Waals surface area (Å²) in [4.78, 5) is 34.8. The number of benzene rings is 3. The molecule has 0 aliphatic carbocycles. The number of aromatic nitrogens is 1. The van der Waals surface area contributed by atoms with Crippen molar-refractivity contribution in [2.45, 2.75) is 13.5 Å². The Morgan fingerprint density at radius 2 is 1.69 bits per heavy atom. The number of amides is 1. The van der Waals surface area contributed by atoms with Crippen molar-refractivity contribution in [1.82, 2.24) is 4.57 Å². The van der Waals surface area contributed by atoms with Gasteiger partial charge in [0.1, 0.15) is 12.0 Å². The molecule has 0 radical (unpaired) electrons. The van der Waals surface area contributed by atoms with Gasteiger partial charge in [0.15, 0.2) is 13.2 Å². The molecule has 7 nitrogen and oxygen atoms in total. The fraction of sp³-hybridized carbons (Fsp3) is 0.160. The Balaban J connectivity index is 1.35. The molecule has 162 valence electrons. The number of hydrogen-bond donors (Lipinski definition) is 1. The first-order valence-corrected chi connectivity index (χ1v) is 10.2. The highest BCUT2D eigenvalue weighted by molar-refractivity contribution is 6.09. The van der Waals surface area contributed by atoms with E-state index in [1.807, 2.05) is 30.3 Å². The second-order valence-electron chi connectivity index (χ2n) is 7.18. The van der Waals surface area contributed by atoms with Crippen LogP contribution in [0, 0.1) is 0 Å². The number of carbonyl (C=O) groups excluding carboxylic acids is 3. The molecule has 1 N–H and O–H groups in total. The van der Waals surface area contributed by atoms with Gasteiger partial charge in [-0.2, -0.15) is 0 Å². The predicted molar refractivity (Wildman–Crippen MR) is 122 cm³/mol. The van der Waals surface area contributed by atoms with Crippen LogP contribution in [0.25, 0.3) is 21.8 Å². The van der Waals surface area contributed by atoms with Gasteiger partial charge in [-0.25, -0.2) is 4.79 Å². The van der Waals surface area contributed by atoms with Crippen molar-refractivity contribution in [2.24, 2.45) is 0 Å². The lowest BCUT2D eigenvalue weighted by atomic mass is 10.1. The molecular weight excluding hydrogens is 408 g/mol. The van der Waals surface area contributed by atoms with Crippen molar-refractivity contribution in [2.75, 3.05) is 18.5 Å². The first-order valence-electron chi connectivity index (χ1n) is 10.2. The van der Waals surface area contributed by atoms with Crippen molar-refractivity contribution in [3.05, 3.63) is 72.3 Å². The third kappa shape index (κ3) is 4.46. The van der Waals surface area contributed by atoms with E-state index in [4.69, 9.17) is 9.47 Å². The highest BCUT2D eigenvalue weighted by Crippen LogP contribution is 2.30. The molecule has 0 saturated heterocycles. The molecule has 1 heterocycles. The number of aryl methyl sites for hydroxylation is 1. The SMILES string of the molecule is CCn1c2ccccc2c2cc(NC(=O)COC(=O)COc3ccc(C=O)cc3)ccc21. The molecule has 0 unspecified atom stereocenters. The van der Waals surface area contributed by atoms with Crippen LogP contribution < -0.4 is 10.1 Å². The quantitative estimate of drug-likeness (QED) is 0.335. The minimum absolute atomic E-state index is 0.337. The van der Waals surface area contributed by atoms with E-state index in [0.717, 1.165) is 34.6 Å². The van der Waals surface area contributed by atoms with Crippen LogP contribution in [0.5, 0.6) is 5.75 Å². The van der Waals surface area contributed by atoms with E-state index in [9.17, 15) is 14.4 Å². The largest absolute Gasteiger partial charge is 0.482 e. The first kappa shape index (κ1) is 21.1. The van der Waals surface area contributed by atoms with E-state index in [1.54, 1.807) is 24.3 Å². The molecule has 3 aromatic carbocycles. The lowest BCUT2D eigenvalue weighted by molar-refractivity contribution is -0.149. The van der Waals surface area contributed by atoms with E-state index < -0.39 is 18.5 Å². The molecule has 0 bridgehead atoms. The Morgan fingerprint density at radius 3 is 2.44 bits per heavy atom. The topological polar surface area (TPSA) is 86.6 Å². The Morgan fingerprint density at radius 1 is 0.938 bits per heavy atom. The first-order chi connectivity index (χ1) is 15.6. The molecular formula is C25H22N2O5. The summed E-state index contributed by atoms with van der Waals surface area (Å²) in [6.45, 7) is 2.19. The number of anilines is 1. The lowest BCUT2D eigenvalue weighted by Gasteiger charge is -2.09. The Labute approximate surface area is 184 Å². The summed E-state index contributed by atoms with van der Waals surface area (Å²) in [5.41, 5.74) is 3.37. The molecule has 4 aromatic rings. The maximum atomic E-state index is 12.3. The molecule has 1 aromatic heterocycles. The summed E-state index contributed by atoms with van der Waals surface area (Å²) < 4.78 is 12.5. The van der Waals surface area contributed by atoms with Gasteiger partial charge in [0.25, 0.3) is 5.91 Å². The van der Waals surface area contributed by atoms with Crippen molar-refractivity contribution >= 4 is 45.7 Å². The number of aldehydes is 1. The third-order valence-electron chi connectivity index (χ3n) is 5.11. The van der Waals surface area contributed by atoms with E-state index in [-0.39, 0.29) is 6.61 Å². The Bertz CT molecular complexity index is 1290. The number of fused-ring (bicyclic) bond motifs is 3. The summed E-state index contributed by atoms with van der Waals surface area (Å²) in [6, 6.07) is 20.2. The number of hydrogen-bond acceptors (Lipinski definition) is 5. The van der Waals surface area contributed by atoms with Gasteiger partial charge < -0.3 is 19.4 Å². The maximum Gasteiger partial charge on any atom is 0.344 e. The molecule has 32 heavy (non-hydrogen) atoms. The van der Waals surface area contributed by atoms with Crippen LogP contribution in [0.2, 0.25) is 0 Å². The summed E-state index contributed by atoms with van der Waals surface area (Å²) >= 11 is 0. The van der Waals surface area contributed by atoms with Crippen LogP contribution in [0.1, 0.15) is 17.3 Å². The van der Waals surface area contributed by atoms with Gasteiger partial charge in [-0.15, -0.1) is 0 Å². The fourth-order valence-corrected chi connectivity index (χ4v) is 3.64. The standard InChI is InChI=1S/C25H22N2O5/c1-2-27-22-6-4-3-5-20(22)21-13-18(9-12-23(21)27)26-24(29)15-32-25(30)16-31-19-10-7-17(14-28)8-11-19/h3-14H,2,15-16H2,1H3,(H,26,29). The summed E-state index contributed by atoms with van der Waals surface area (Å²) in [7, 11) is 0. The van der Waals surface area contributed by atoms with E-state index in [2.05, 4.69) is 28.9 Å². The van der Waals surface area contributed by atoms with Crippen molar-refractivity contribution in [1.29, 1.82) is 0 Å². The monoisotopic (exact) mass is 430 g/mol. The van der Waals surface area contributed by atoms with Crippen molar-refractivity contribution < 1.29 is 23.9 Å². The highest BCUT2D eigenvalue weighted by Gasteiger charge is 2.12. The van der Waals surface area contributed by atoms with Gasteiger partial charge in [0.2, 0.25) is 0 Å². The van der Waals surface area contributed by atoms with E-state index >= 15 is 0 Å². The van der Waals surface area contributed by atoms with Gasteiger partial charge in [-0.1, -0.05) is 18.2 Å². The molecule has 0 atom stereocenters. The average molecular weight is 430 g/mol. The fourth-order valence-electron chi connectivity index (χ4n) is 3.64. The van der Waals surface area contributed by atoms with Crippen LogP contribution >= 0.6 is 0 Å². The van der Waals surface area contributed by atoms with Gasteiger partial charge >= 0.3 is 5.97 Å². The second-order valence-corrected chi connectivity index (χ2v) is 7.18. The van der Waals surface area contributed by atoms with Crippen LogP contribution in [0.15, 0.2) is 66.7 Å². The second kappa shape index (κ2) is 9.34. The number of carbonyl (C=O) groups is 3. The van der Waals surface area contributed by atoms with Gasteiger partial charge in [-0.05, 0) is 55.5 Å².